The molecule has 1 unspecified atom stereocenters. The highest BCUT2D eigenvalue weighted by Gasteiger charge is 2.33. The highest BCUT2D eigenvalue weighted by atomic mass is 79.9. The van der Waals surface area contributed by atoms with Crippen molar-refractivity contribution in [2.24, 2.45) is 0 Å². The van der Waals surface area contributed by atoms with E-state index in [1.54, 1.807) is 11.1 Å². The molecule has 1 amide bonds. The second-order valence-electron chi connectivity index (χ2n) is 5.77. The molecule has 1 saturated heterocycles. The summed E-state index contributed by atoms with van der Waals surface area (Å²) in [4.78, 5) is 18.2. The summed E-state index contributed by atoms with van der Waals surface area (Å²) in [5.41, 5.74) is 0.595. The minimum absolute atomic E-state index is 0.0693. The van der Waals surface area contributed by atoms with Crippen molar-refractivity contribution in [3.05, 3.63) is 28.5 Å². The van der Waals surface area contributed by atoms with Crippen LogP contribution in [0.25, 0.3) is 0 Å². The van der Waals surface area contributed by atoms with E-state index >= 15 is 0 Å². The zero-order chi connectivity index (χ0) is 14.0. The summed E-state index contributed by atoms with van der Waals surface area (Å²) >= 11 is 3.42. The van der Waals surface area contributed by atoms with Crippen LogP contribution in [0, 0.1) is 0 Å². The zero-order valence-electron chi connectivity index (χ0n) is 11.5. The van der Waals surface area contributed by atoms with Gasteiger partial charge in [-0.05, 0) is 61.2 Å². The molecule has 1 aromatic rings. The highest BCUT2D eigenvalue weighted by molar-refractivity contribution is 9.10. The molecule has 5 heteroatoms. The number of rotatable bonds is 1. The van der Waals surface area contributed by atoms with Gasteiger partial charge >= 0.3 is 6.09 Å². The van der Waals surface area contributed by atoms with E-state index in [9.17, 15) is 4.79 Å². The molecule has 4 nitrogen and oxygen atoms in total. The Balaban J connectivity index is 2.15. The van der Waals surface area contributed by atoms with E-state index in [0.29, 0.717) is 0 Å². The van der Waals surface area contributed by atoms with Gasteiger partial charge in [-0.1, -0.05) is 0 Å². The maximum absolute atomic E-state index is 12.2. The number of hydrogen-bond acceptors (Lipinski definition) is 3. The van der Waals surface area contributed by atoms with Gasteiger partial charge in [0.05, 0.1) is 6.04 Å². The minimum atomic E-state index is -0.459. The van der Waals surface area contributed by atoms with Gasteiger partial charge in [0.25, 0.3) is 0 Å². The van der Waals surface area contributed by atoms with Crippen molar-refractivity contribution in [2.45, 2.75) is 45.3 Å². The van der Waals surface area contributed by atoms with Crippen molar-refractivity contribution in [2.75, 3.05) is 6.54 Å². The van der Waals surface area contributed by atoms with Crippen LogP contribution in [0.3, 0.4) is 0 Å². The van der Waals surface area contributed by atoms with Gasteiger partial charge < -0.3 is 9.64 Å². The molecule has 0 bridgehead atoms. The molecular weight excluding hydrogens is 308 g/mol. The summed E-state index contributed by atoms with van der Waals surface area (Å²) in [5.74, 6) is 0. The van der Waals surface area contributed by atoms with Crippen LogP contribution < -0.4 is 0 Å². The van der Waals surface area contributed by atoms with Crippen molar-refractivity contribution in [1.29, 1.82) is 0 Å². The third-order valence-corrected chi connectivity index (χ3v) is 3.43. The Morgan fingerprint density at radius 2 is 2.21 bits per heavy atom. The average molecular weight is 327 g/mol. The van der Waals surface area contributed by atoms with Crippen LogP contribution >= 0.6 is 15.9 Å². The molecule has 0 radical (unpaired) electrons. The van der Waals surface area contributed by atoms with E-state index in [2.05, 4.69) is 20.9 Å². The zero-order valence-corrected chi connectivity index (χ0v) is 13.1. The van der Waals surface area contributed by atoms with Crippen molar-refractivity contribution in [3.63, 3.8) is 0 Å². The standard InChI is InChI=1S/C14H19BrN2O2/c1-14(2,3)19-13(18)17-6-4-5-12(17)10-7-11(15)9-16-8-10/h7-9,12H,4-6H2,1-3H3. The monoisotopic (exact) mass is 326 g/mol. The summed E-state index contributed by atoms with van der Waals surface area (Å²) in [7, 11) is 0. The molecule has 0 spiro atoms. The molecule has 0 N–H and O–H groups in total. The Morgan fingerprint density at radius 3 is 2.84 bits per heavy atom. The van der Waals surface area contributed by atoms with Crippen LogP contribution in [-0.4, -0.2) is 28.1 Å². The SMILES string of the molecule is CC(C)(C)OC(=O)N1CCCC1c1cncc(Br)c1. The first-order valence-corrected chi connectivity index (χ1v) is 7.26. The number of pyridine rings is 1. The Kier molecular flexibility index (Phi) is 4.13. The van der Waals surface area contributed by atoms with Crippen LogP contribution in [0.2, 0.25) is 0 Å². The van der Waals surface area contributed by atoms with Crippen molar-refractivity contribution in [1.82, 2.24) is 9.88 Å². The Hall–Kier alpha value is -1.10. The summed E-state index contributed by atoms with van der Waals surface area (Å²) in [6, 6.07) is 2.08. The number of likely N-dealkylation sites (tertiary alicyclic amines) is 1. The molecule has 2 heterocycles. The van der Waals surface area contributed by atoms with E-state index in [0.717, 1.165) is 29.4 Å². The fourth-order valence-corrected chi connectivity index (χ4v) is 2.65. The maximum Gasteiger partial charge on any atom is 0.410 e. The molecule has 2 rings (SSSR count). The van der Waals surface area contributed by atoms with E-state index < -0.39 is 5.60 Å². The number of nitrogens with zero attached hydrogens (tertiary/aromatic N) is 2. The molecule has 1 aromatic heterocycles. The second kappa shape index (κ2) is 5.49. The number of aromatic nitrogens is 1. The summed E-state index contributed by atoms with van der Waals surface area (Å²) in [6.07, 6.45) is 5.28. The first-order valence-electron chi connectivity index (χ1n) is 6.47. The van der Waals surface area contributed by atoms with E-state index in [1.165, 1.54) is 0 Å². The molecule has 0 aromatic carbocycles. The lowest BCUT2D eigenvalue weighted by molar-refractivity contribution is 0.0224. The van der Waals surface area contributed by atoms with E-state index in [-0.39, 0.29) is 12.1 Å². The van der Waals surface area contributed by atoms with Crippen LogP contribution in [0.5, 0.6) is 0 Å². The first kappa shape index (κ1) is 14.3. The van der Waals surface area contributed by atoms with Gasteiger partial charge in [0.15, 0.2) is 0 Å². The number of ether oxygens (including phenoxy) is 1. The third kappa shape index (κ3) is 3.69. The highest BCUT2D eigenvalue weighted by Crippen LogP contribution is 2.33. The van der Waals surface area contributed by atoms with Gasteiger partial charge in [-0.3, -0.25) is 4.98 Å². The van der Waals surface area contributed by atoms with Gasteiger partial charge in [0, 0.05) is 23.4 Å². The molecule has 104 valence electrons. The predicted octanol–water partition coefficient (Wildman–Crippen LogP) is 3.92. The van der Waals surface area contributed by atoms with Crippen LogP contribution in [0.4, 0.5) is 4.79 Å². The molecular formula is C14H19BrN2O2. The van der Waals surface area contributed by atoms with Gasteiger partial charge in [-0.2, -0.15) is 0 Å². The topological polar surface area (TPSA) is 42.4 Å². The van der Waals surface area contributed by atoms with Crippen molar-refractivity contribution in [3.8, 4) is 0 Å². The number of hydrogen-bond donors (Lipinski definition) is 0. The maximum atomic E-state index is 12.2. The molecule has 1 atom stereocenters. The van der Waals surface area contributed by atoms with Gasteiger partial charge in [-0.25, -0.2) is 4.79 Å². The van der Waals surface area contributed by atoms with Gasteiger partial charge in [0.1, 0.15) is 5.60 Å². The fraction of sp³-hybridized carbons (Fsp3) is 0.571. The molecule has 1 aliphatic rings. The number of carbonyl (C=O) groups is 1. The molecule has 1 aliphatic heterocycles. The third-order valence-electron chi connectivity index (χ3n) is 2.99. The van der Waals surface area contributed by atoms with Crippen molar-refractivity contribution >= 4 is 22.0 Å². The molecule has 19 heavy (non-hydrogen) atoms. The lowest BCUT2D eigenvalue weighted by atomic mass is 10.1. The van der Waals surface area contributed by atoms with Crippen LogP contribution in [-0.2, 0) is 4.74 Å². The smallest absolute Gasteiger partial charge is 0.410 e. The quantitative estimate of drug-likeness (QED) is 0.785. The lowest BCUT2D eigenvalue weighted by Gasteiger charge is -2.28. The van der Waals surface area contributed by atoms with Crippen molar-refractivity contribution < 1.29 is 9.53 Å². The Morgan fingerprint density at radius 1 is 1.47 bits per heavy atom. The molecule has 0 aliphatic carbocycles. The number of halogens is 1. The average Bonchev–Trinajstić information content (AvgIpc) is 2.75. The van der Waals surface area contributed by atoms with Gasteiger partial charge in [0.2, 0.25) is 0 Å². The molecule has 0 saturated carbocycles. The number of carbonyl (C=O) groups excluding carboxylic acids is 1. The minimum Gasteiger partial charge on any atom is -0.444 e. The lowest BCUT2D eigenvalue weighted by Crippen LogP contribution is -2.36. The van der Waals surface area contributed by atoms with E-state index in [1.807, 2.05) is 33.0 Å². The number of amides is 1. The summed E-state index contributed by atoms with van der Waals surface area (Å²) < 4.78 is 6.39. The first-order chi connectivity index (χ1) is 8.87. The van der Waals surface area contributed by atoms with Crippen LogP contribution in [0.15, 0.2) is 22.9 Å². The van der Waals surface area contributed by atoms with E-state index in [4.69, 9.17) is 4.74 Å². The summed E-state index contributed by atoms with van der Waals surface area (Å²) in [5, 5.41) is 0. The molecule has 1 fully saturated rings. The Bertz CT molecular complexity index is 471. The van der Waals surface area contributed by atoms with Gasteiger partial charge in [-0.15, -0.1) is 0 Å². The summed E-state index contributed by atoms with van der Waals surface area (Å²) in [6.45, 7) is 6.40. The second-order valence-corrected chi connectivity index (χ2v) is 6.68. The fourth-order valence-electron chi connectivity index (χ4n) is 2.26. The largest absolute Gasteiger partial charge is 0.444 e. The normalized spacial score (nSPS) is 19.6. The van der Waals surface area contributed by atoms with Crippen LogP contribution in [0.1, 0.15) is 45.2 Å². The Labute approximate surface area is 122 Å². The predicted molar refractivity (Wildman–Crippen MR) is 76.9 cm³/mol.